The van der Waals surface area contributed by atoms with Crippen LogP contribution < -0.4 is 15.9 Å². The van der Waals surface area contributed by atoms with Crippen molar-refractivity contribution in [2.45, 2.75) is 40.2 Å². The number of rotatable bonds is 5. The second-order valence-electron chi connectivity index (χ2n) is 6.63. The first-order valence-electron chi connectivity index (χ1n) is 8.70. The average Bonchev–Trinajstić information content (AvgIpc) is 2.59. The van der Waals surface area contributed by atoms with Crippen molar-refractivity contribution in [1.29, 1.82) is 0 Å². The smallest absolute Gasteiger partial charge is 0.337 e. The second kappa shape index (κ2) is 7.15. The molecule has 0 saturated carbocycles. The van der Waals surface area contributed by atoms with E-state index in [2.05, 4.69) is 9.97 Å². The Morgan fingerprint density at radius 2 is 1.96 bits per heavy atom. The predicted molar refractivity (Wildman–Crippen MR) is 99.7 cm³/mol. The molecule has 1 atom stereocenters. The highest BCUT2D eigenvalue weighted by Gasteiger charge is 2.22. The summed E-state index contributed by atoms with van der Waals surface area (Å²) >= 11 is 0. The van der Waals surface area contributed by atoms with Gasteiger partial charge in [0, 0.05) is 6.07 Å². The number of aryl methyl sites for hydroxylation is 2. The van der Waals surface area contributed by atoms with Crippen molar-refractivity contribution in [3.05, 3.63) is 67.8 Å². The molecule has 0 spiro atoms. The summed E-state index contributed by atoms with van der Waals surface area (Å²) in [6, 6.07) is 9.29. The number of benzene rings is 1. The van der Waals surface area contributed by atoms with Crippen LogP contribution in [0.5, 0.6) is 6.01 Å². The summed E-state index contributed by atoms with van der Waals surface area (Å²) in [5.41, 5.74) is 1.81. The van der Waals surface area contributed by atoms with Gasteiger partial charge in [0.1, 0.15) is 11.5 Å². The molecule has 0 radical (unpaired) electrons. The van der Waals surface area contributed by atoms with Crippen molar-refractivity contribution >= 4 is 11.1 Å². The van der Waals surface area contributed by atoms with E-state index in [-0.39, 0.29) is 34.7 Å². The van der Waals surface area contributed by atoms with Gasteiger partial charge in [-0.25, -0.2) is 4.79 Å². The van der Waals surface area contributed by atoms with E-state index >= 15 is 0 Å². The molecule has 0 fully saturated rings. The molecule has 0 aliphatic carbocycles. The molecule has 0 amide bonds. The van der Waals surface area contributed by atoms with Gasteiger partial charge < -0.3 is 9.15 Å². The summed E-state index contributed by atoms with van der Waals surface area (Å²) in [5.74, 6) is 0.145. The maximum atomic E-state index is 12.5. The summed E-state index contributed by atoms with van der Waals surface area (Å²) in [7, 11) is 0. The molecule has 6 heteroatoms. The van der Waals surface area contributed by atoms with E-state index in [0.29, 0.717) is 12.0 Å². The van der Waals surface area contributed by atoms with Crippen molar-refractivity contribution in [2.24, 2.45) is 5.92 Å². The minimum absolute atomic E-state index is 0.000361. The minimum Gasteiger partial charge on any atom is -0.456 e. The first kappa shape index (κ1) is 17.9. The second-order valence-corrected chi connectivity index (χ2v) is 6.63. The molecule has 136 valence electrons. The van der Waals surface area contributed by atoms with Crippen LogP contribution in [0.25, 0.3) is 11.1 Å². The highest BCUT2D eigenvalue weighted by Crippen LogP contribution is 2.29. The fraction of sp³-hybridized carbons (Fsp3) is 0.350. The number of nitrogens with one attached hydrogen (secondary N) is 1. The number of fused-ring (bicyclic) bond motifs is 1. The lowest BCUT2D eigenvalue weighted by atomic mass is 9.95. The Kier molecular flexibility index (Phi) is 4.93. The van der Waals surface area contributed by atoms with Gasteiger partial charge in [0.25, 0.3) is 11.6 Å². The molecule has 0 aliphatic rings. The Hall–Kier alpha value is -2.89. The molecular formula is C20H22N2O4. The largest absolute Gasteiger partial charge is 0.456 e. The van der Waals surface area contributed by atoms with Crippen LogP contribution in [-0.2, 0) is 6.42 Å². The summed E-state index contributed by atoms with van der Waals surface area (Å²) in [5, 5.41) is 0.288. The maximum Gasteiger partial charge on any atom is 0.337 e. The van der Waals surface area contributed by atoms with E-state index in [1.54, 1.807) is 0 Å². The van der Waals surface area contributed by atoms with Gasteiger partial charge in [-0.15, -0.1) is 0 Å². The Balaban J connectivity index is 2.09. The topological polar surface area (TPSA) is 85.2 Å². The number of aromatic amines is 1. The van der Waals surface area contributed by atoms with Gasteiger partial charge >= 0.3 is 5.63 Å². The molecular weight excluding hydrogens is 332 g/mol. The van der Waals surface area contributed by atoms with Crippen LogP contribution in [0.4, 0.5) is 0 Å². The predicted octanol–water partition coefficient (Wildman–Crippen LogP) is 3.52. The monoisotopic (exact) mass is 354 g/mol. The Bertz CT molecular complexity index is 1050. The summed E-state index contributed by atoms with van der Waals surface area (Å²) in [6.07, 6.45) is 0.239. The van der Waals surface area contributed by atoms with E-state index in [1.807, 2.05) is 52.0 Å². The standard InChI is InChI=1S/C20H22N2O4/c1-5-13-10-15(23)25-19-16(13)18(24)21-20(22-19)26-17(11(2)3)14-9-7-6-8-12(14)4/h6-11,17H,5H2,1-4H3,(H,21,22,24)/t17-/m1/s1. The van der Waals surface area contributed by atoms with Crippen molar-refractivity contribution in [2.75, 3.05) is 0 Å². The van der Waals surface area contributed by atoms with Crippen LogP contribution in [-0.4, -0.2) is 9.97 Å². The molecule has 0 bridgehead atoms. The molecule has 6 nitrogen and oxygen atoms in total. The van der Waals surface area contributed by atoms with Crippen LogP contribution in [0.3, 0.4) is 0 Å². The number of nitrogens with zero attached hydrogens (tertiary/aromatic N) is 1. The molecule has 2 aromatic heterocycles. The van der Waals surface area contributed by atoms with Crippen molar-refractivity contribution < 1.29 is 9.15 Å². The van der Waals surface area contributed by atoms with Crippen LogP contribution >= 0.6 is 0 Å². The van der Waals surface area contributed by atoms with Crippen LogP contribution in [0.15, 0.2) is 44.3 Å². The average molecular weight is 354 g/mol. The Morgan fingerprint density at radius 3 is 2.62 bits per heavy atom. The molecule has 0 aliphatic heterocycles. The minimum atomic E-state index is -0.530. The number of hydrogen-bond donors (Lipinski definition) is 1. The lowest BCUT2D eigenvalue weighted by Crippen LogP contribution is -2.20. The first-order chi connectivity index (χ1) is 12.4. The quantitative estimate of drug-likeness (QED) is 0.758. The number of H-pyrrole nitrogens is 1. The van der Waals surface area contributed by atoms with E-state index in [1.165, 1.54) is 6.07 Å². The van der Waals surface area contributed by atoms with Crippen molar-refractivity contribution in [3.8, 4) is 6.01 Å². The van der Waals surface area contributed by atoms with E-state index in [0.717, 1.165) is 11.1 Å². The SMILES string of the molecule is CCc1cc(=O)oc2nc(O[C@@H](c3ccccc3C)C(C)C)[nH]c(=O)c12. The molecule has 1 N–H and O–H groups in total. The van der Waals surface area contributed by atoms with Crippen molar-refractivity contribution in [1.82, 2.24) is 9.97 Å². The van der Waals surface area contributed by atoms with Crippen LogP contribution in [0.1, 0.15) is 43.6 Å². The highest BCUT2D eigenvalue weighted by molar-refractivity contribution is 5.75. The number of ether oxygens (including phenoxy) is 1. The molecule has 26 heavy (non-hydrogen) atoms. The third kappa shape index (κ3) is 3.40. The van der Waals surface area contributed by atoms with Gasteiger partial charge in [0.2, 0.25) is 5.71 Å². The zero-order valence-corrected chi connectivity index (χ0v) is 15.3. The number of hydrogen-bond acceptors (Lipinski definition) is 5. The molecule has 1 aromatic carbocycles. The summed E-state index contributed by atoms with van der Waals surface area (Å²) in [4.78, 5) is 31.1. The normalized spacial score (nSPS) is 12.5. The van der Waals surface area contributed by atoms with Gasteiger partial charge in [-0.05, 0) is 36.0 Å². The van der Waals surface area contributed by atoms with Crippen LogP contribution in [0, 0.1) is 12.8 Å². The third-order valence-corrected chi connectivity index (χ3v) is 4.39. The zero-order valence-electron chi connectivity index (χ0n) is 15.3. The molecule has 3 aromatic rings. The lowest BCUT2D eigenvalue weighted by Gasteiger charge is -2.23. The first-order valence-corrected chi connectivity index (χ1v) is 8.70. The fourth-order valence-corrected chi connectivity index (χ4v) is 3.05. The molecule has 0 unspecified atom stereocenters. The van der Waals surface area contributed by atoms with Crippen molar-refractivity contribution in [3.63, 3.8) is 0 Å². The summed E-state index contributed by atoms with van der Waals surface area (Å²) in [6.45, 7) is 7.94. The Morgan fingerprint density at radius 1 is 1.23 bits per heavy atom. The Labute approximate surface area is 150 Å². The van der Waals surface area contributed by atoms with Gasteiger partial charge in [-0.2, -0.15) is 4.98 Å². The van der Waals surface area contributed by atoms with E-state index in [9.17, 15) is 9.59 Å². The highest BCUT2D eigenvalue weighted by atomic mass is 16.5. The van der Waals surface area contributed by atoms with Gasteiger partial charge in [-0.3, -0.25) is 9.78 Å². The molecule has 3 rings (SSSR count). The zero-order chi connectivity index (χ0) is 18.8. The van der Waals surface area contributed by atoms with Crippen LogP contribution in [0.2, 0.25) is 0 Å². The third-order valence-electron chi connectivity index (χ3n) is 4.39. The molecule has 2 heterocycles. The van der Waals surface area contributed by atoms with Gasteiger partial charge in [0.05, 0.1) is 0 Å². The van der Waals surface area contributed by atoms with Gasteiger partial charge in [-0.1, -0.05) is 45.0 Å². The summed E-state index contributed by atoms with van der Waals surface area (Å²) < 4.78 is 11.1. The number of aromatic nitrogens is 2. The maximum absolute atomic E-state index is 12.5. The lowest BCUT2D eigenvalue weighted by molar-refractivity contribution is 0.138. The molecule has 0 saturated heterocycles. The van der Waals surface area contributed by atoms with Gasteiger partial charge in [0.15, 0.2) is 0 Å². The van der Waals surface area contributed by atoms with E-state index in [4.69, 9.17) is 9.15 Å². The fourth-order valence-electron chi connectivity index (χ4n) is 3.05. The van der Waals surface area contributed by atoms with E-state index < -0.39 is 5.63 Å².